The molecule has 7 nitrogen and oxygen atoms in total. The Bertz CT molecular complexity index is 1170. The number of thiazole rings is 1. The van der Waals surface area contributed by atoms with Crippen LogP contribution in [0.1, 0.15) is 25.7 Å². The second-order valence-electron chi connectivity index (χ2n) is 6.15. The van der Waals surface area contributed by atoms with Crippen LogP contribution in [0.15, 0.2) is 53.4 Å². The molecule has 10 heteroatoms. The summed E-state index contributed by atoms with van der Waals surface area (Å²) in [5.74, 6) is -1.07. The van der Waals surface area contributed by atoms with E-state index in [0.29, 0.717) is 20.6 Å². The van der Waals surface area contributed by atoms with Crippen molar-refractivity contribution in [3.05, 3.63) is 69.7 Å². The van der Waals surface area contributed by atoms with E-state index in [9.17, 15) is 18.0 Å². The second kappa shape index (κ2) is 8.32. The molecule has 0 spiro atoms. The standard InChI is InChI=1S/C19H16ClN3O4S2/c1-11-16(28-19(21-11)13-3-7-14(20)8-4-13)18(25)23-22-17(24)12-5-9-15(10-6-12)29(2,26)27/h3-10H,1-2H3,(H,22,24)(H,23,25). The van der Waals surface area contributed by atoms with Gasteiger partial charge in [0.2, 0.25) is 0 Å². The molecule has 0 fully saturated rings. The van der Waals surface area contributed by atoms with Crippen molar-refractivity contribution in [3.63, 3.8) is 0 Å². The van der Waals surface area contributed by atoms with Crippen molar-refractivity contribution in [1.29, 1.82) is 0 Å². The van der Waals surface area contributed by atoms with Gasteiger partial charge in [-0.2, -0.15) is 0 Å². The molecule has 1 aromatic heterocycles. The van der Waals surface area contributed by atoms with Gasteiger partial charge in [-0.15, -0.1) is 11.3 Å². The van der Waals surface area contributed by atoms with Gasteiger partial charge >= 0.3 is 0 Å². The molecular formula is C19H16ClN3O4S2. The molecule has 29 heavy (non-hydrogen) atoms. The molecule has 0 atom stereocenters. The number of hydrogen-bond acceptors (Lipinski definition) is 6. The van der Waals surface area contributed by atoms with Gasteiger partial charge in [0.05, 0.1) is 10.6 Å². The summed E-state index contributed by atoms with van der Waals surface area (Å²) in [6.45, 7) is 1.70. The maximum atomic E-state index is 12.4. The minimum Gasteiger partial charge on any atom is -0.267 e. The van der Waals surface area contributed by atoms with Gasteiger partial charge in [-0.1, -0.05) is 23.7 Å². The summed E-state index contributed by atoms with van der Waals surface area (Å²) in [6.07, 6.45) is 1.08. The summed E-state index contributed by atoms with van der Waals surface area (Å²) in [4.78, 5) is 29.5. The normalized spacial score (nSPS) is 11.1. The fourth-order valence-electron chi connectivity index (χ4n) is 2.42. The molecule has 0 saturated carbocycles. The number of amides is 2. The summed E-state index contributed by atoms with van der Waals surface area (Å²) >= 11 is 7.08. The number of carbonyl (C=O) groups excluding carboxylic acids is 2. The van der Waals surface area contributed by atoms with Crippen molar-refractivity contribution >= 4 is 44.6 Å². The van der Waals surface area contributed by atoms with Crippen molar-refractivity contribution in [2.24, 2.45) is 0 Å². The smallest absolute Gasteiger partial charge is 0.267 e. The molecule has 1 heterocycles. The van der Waals surface area contributed by atoms with E-state index in [4.69, 9.17) is 11.6 Å². The van der Waals surface area contributed by atoms with Gasteiger partial charge in [-0.3, -0.25) is 20.4 Å². The maximum absolute atomic E-state index is 12.4. The highest BCUT2D eigenvalue weighted by atomic mass is 35.5. The highest BCUT2D eigenvalue weighted by Gasteiger charge is 2.17. The van der Waals surface area contributed by atoms with Gasteiger partial charge in [0, 0.05) is 22.4 Å². The third-order valence-corrected chi connectivity index (χ3v) is 6.51. The average Bonchev–Trinajstić information content (AvgIpc) is 3.07. The van der Waals surface area contributed by atoms with E-state index in [2.05, 4.69) is 15.8 Å². The molecule has 0 radical (unpaired) electrons. The number of hydrazine groups is 1. The van der Waals surface area contributed by atoms with Crippen LogP contribution in [0.3, 0.4) is 0 Å². The summed E-state index contributed by atoms with van der Waals surface area (Å²) in [6, 6.07) is 12.5. The molecule has 0 saturated heterocycles. The monoisotopic (exact) mass is 449 g/mol. The van der Waals surface area contributed by atoms with Crippen LogP contribution in [0.5, 0.6) is 0 Å². The number of nitrogens with one attached hydrogen (secondary N) is 2. The van der Waals surface area contributed by atoms with Gasteiger partial charge < -0.3 is 0 Å². The molecule has 2 N–H and O–H groups in total. The van der Waals surface area contributed by atoms with E-state index in [1.54, 1.807) is 19.1 Å². The molecule has 0 unspecified atom stereocenters. The Morgan fingerprint density at radius 3 is 2.14 bits per heavy atom. The van der Waals surface area contributed by atoms with E-state index >= 15 is 0 Å². The Kier molecular flexibility index (Phi) is 6.02. The Hall–Kier alpha value is -2.75. The molecule has 3 rings (SSSR count). The Balaban J connectivity index is 1.67. The number of rotatable bonds is 4. The van der Waals surface area contributed by atoms with Gasteiger partial charge in [-0.25, -0.2) is 13.4 Å². The lowest BCUT2D eigenvalue weighted by Crippen LogP contribution is -2.41. The number of benzene rings is 2. The largest absolute Gasteiger partial charge is 0.281 e. The predicted molar refractivity (Wildman–Crippen MR) is 112 cm³/mol. The molecule has 0 aliphatic heterocycles. The molecular weight excluding hydrogens is 434 g/mol. The Labute approximate surface area is 176 Å². The summed E-state index contributed by atoms with van der Waals surface area (Å²) in [5.41, 5.74) is 6.23. The molecule has 0 bridgehead atoms. The van der Waals surface area contributed by atoms with Crippen LogP contribution >= 0.6 is 22.9 Å². The van der Waals surface area contributed by atoms with Gasteiger partial charge in [0.15, 0.2) is 9.84 Å². The lowest BCUT2D eigenvalue weighted by atomic mass is 10.2. The molecule has 0 aliphatic carbocycles. The van der Waals surface area contributed by atoms with Gasteiger partial charge in [0.25, 0.3) is 11.8 Å². The zero-order chi connectivity index (χ0) is 21.2. The number of aryl methyl sites for hydroxylation is 1. The van der Waals surface area contributed by atoms with E-state index in [1.165, 1.54) is 35.6 Å². The van der Waals surface area contributed by atoms with Crippen LogP contribution in [0.4, 0.5) is 0 Å². The highest BCUT2D eigenvalue weighted by molar-refractivity contribution is 7.90. The number of sulfone groups is 1. The number of halogens is 1. The van der Waals surface area contributed by atoms with Crippen LogP contribution in [-0.2, 0) is 9.84 Å². The van der Waals surface area contributed by atoms with Crippen LogP contribution in [0, 0.1) is 6.92 Å². The maximum Gasteiger partial charge on any atom is 0.281 e. The van der Waals surface area contributed by atoms with Crippen molar-refractivity contribution in [2.45, 2.75) is 11.8 Å². The highest BCUT2D eigenvalue weighted by Crippen LogP contribution is 2.28. The predicted octanol–water partition coefficient (Wildman–Crippen LogP) is 3.25. The second-order valence-corrected chi connectivity index (χ2v) is 9.60. The summed E-state index contributed by atoms with van der Waals surface area (Å²) in [7, 11) is -3.35. The van der Waals surface area contributed by atoms with Crippen LogP contribution < -0.4 is 10.9 Å². The van der Waals surface area contributed by atoms with E-state index in [0.717, 1.165) is 11.8 Å². The first-order valence-corrected chi connectivity index (χ1v) is 11.4. The minimum absolute atomic E-state index is 0.105. The van der Waals surface area contributed by atoms with Gasteiger partial charge in [0.1, 0.15) is 9.88 Å². The Morgan fingerprint density at radius 1 is 0.966 bits per heavy atom. The number of carbonyl (C=O) groups is 2. The lowest BCUT2D eigenvalue weighted by Gasteiger charge is -2.07. The third kappa shape index (κ3) is 5.00. The van der Waals surface area contributed by atoms with Crippen molar-refractivity contribution in [3.8, 4) is 10.6 Å². The number of hydrogen-bond donors (Lipinski definition) is 2. The lowest BCUT2D eigenvalue weighted by molar-refractivity contribution is 0.0848. The zero-order valence-corrected chi connectivity index (χ0v) is 17.8. The topological polar surface area (TPSA) is 105 Å². The first-order chi connectivity index (χ1) is 13.6. The van der Waals surface area contributed by atoms with Gasteiger partial charge in [-0.05, 0) is 43.3 Å². The molecule has 2 amide bonds. The summed E-state index contributed by atoms with van der Waals surface area (Å²) in [5, 5.41) is 1.26. The molecule has 3 aromatic rings. The number of nitrogens with zero attached hydrogens (tertiary/aromatic N) is 1. The van der Waals surface area contributed by atoms with Crippen LogP contribution in [-0.4, -0.2) is 31.5 Å². The van der Waals surface area contributed by atoms with Crippen LogP contribution in [0.25, 0.3) is 10.6 Å². The van der Waals surface area contributed by atoms with E-state index in [1.807, 2.05) is 12.1 Å². The van der Waals surface area contributed by atoms with Crippen molar-refractivity contribution in [1.82, 2.24) is 15.8 Å². The zero-order valence-electron chi connectivity index (χ0n) is 15.4. The van der Waals surface area contributed by atoms with E-state index in [-0.39, 0.29) is 10.5 Å². The molecule has 0 aliphatic rings. The quantitative estimate of drug-likeness (QED) is 0.595. The van der Waals surface area contributed by atoms with E-state index < -0.39 is 21.7 Å². The average molecular weight is 450 g/mol. The summed E-state index contributed by atoms with van der Waals surface area (Å²) < 4.78 is 22.9. The number of aromatic nitrogens is 1. The fraction of sp³-hybridized carbons (Fsp3) is 0.105. The first kappa shape index (κ1) is 21.0. The van der Waals surface area contributed by atoms with Crippen molar-refractivity contribution < 1.29 is 18.0 Å². The van der Waals surface area contributed by atoms with Crippen LogP contribution in [0.2, 0.25) is 5.02 Å². The SMILES string of the molecule is Cc1nc(-c2ccc(Cl)cc2)sc1C(=O)NNC(=O)c1ccc(S(C)(=O)=O)cc1. The van der Waals surface area contributed by atoms with Crippen molar-refractivity contribution in [2.75, 3.05) is 6.26 Å². The third-order valence-electron chi connectivity index (χ3n) is 3.93. The molecule has 150 valence electrons. The minimum atomic E-state index is -3.35. The first-order valence-electron chi connectivity index (χ1n) is 8.29. The molecule has 2 aromatic carbocycles. The Morgan fingerprint density at radius 2 is 1.55 bits per heavy atom. The fourth-order valence-corrected chi connectivity index (χ4v) is 4.14.